The monoisotopic (exact) mass is 362 g/mol. The van der Waals surface area contributed by atoms with Gasteiger partial charge in [-0.3, -0.25) is 10.8 Å². The molecule has 0 saturated heterocycles. The van der Waals surface area contributed by atoms with Crippen molar-refractivity contribution >= 4 is 11.8 Å². The maximum atomic E-state index is 7.83. The average molecular weight is 362 g/mol. The molecule has 0 atom stereocenters. The third kappa shape index (κ3) is 4.26. The Morgan fingerprint density at radius 1 is 0.667 bits per heavy atom. The second kappa shape index (κ2) is 8.36. The van der Waals surface area contributed by atoms with Gasteiger partial charge in [0.25, 0.3) is 0 Å². The van der Waals surface area contributed by atoms with Crippen LogP contribution < -0.4 is 0 Å². The van der Waals surface area contributed by atoms with Crippen LogP contribution in [0.25, 0.3) is 22.6 Å². The number of hydrogen-bond donors (Lipinski definition) is 2. The zero-order valence-corrected chi connectivity index (χ0v) is 15.4. The fourth-order valence-electron chi connectivity index (χ4n) is 2.68. The number of benzene rings is 2. The van der Waals surface area contributed by atoms with E-state index < -0.39 is 0 Å². The highest BCUT2D eigenvalue weighted by Gasteiger charge is 2.09. The van der Waals surface area contributed by atoms with Crippen LogP contribution in [0, 0.1) is 10.8 Å². The van der Waals surface area contributed by atoms with Crippen molar-refractivity contribution in [1.82, 2.24) is 0 Å². The van der Waals surface area contributed by atoms with Crippen molar-refractivity contribution in [2.24, 2.45) is 0 Å². The van der Waals surface area contributed by atoms with Crippen LogP contribution in [0.2, 0.25) is 0 Å². The van der Waals surface area contributed by atoms with Crippen molar-refractivity contribution in [3.8, 4) is 22.6 Å². The Bertz CT molecular complexity index is 849. The molecule has 3 aromatic rings. The molecule has 5 heteroatoms. The van der Waals surface area contributed by atoms with E-state index in [4.69, 9.17) is 24.7 Å². The van der Waals surface area contributed by atoms with Crippen LogP contribution in [0.3, 0.4) is 0 Å². The summed E-state index contributed by atoms with van der Waals surface area (Å²) in [4.78, 5) is 0. The van der Waals surface area contributed by atoms with E-state index in [1.54, 1.807) is 0 Å². The quantitative estimate of drug-likeness (QED) is 0.459. The molecule has 5 nitrogen and oxygen atoms in total. The molecule has 1 heterocycles. The van der Waals surface area contributed by atoms with Crippen molar-refractivity contribution < 1.29 is 13.9 Å². The van der Waals surface area contributed by atoms with Crippen LogP contribution in [0.5, 0.6) is 0 Å². The highest BCUT2D eigenvalue weighted by atomic mass is 16.5. The molecule has 2 aromatic carbocycles. The van der Waals surface area contributed by atoms with Gasteiger partial charge in [0.2, 0.25) is 11.8 Å². The average Bonchev–Trinajstić information content (AvgIpc) is 3.19. The summed E-state index contributed by atoms with van der Waals surface area (Å²) in [5.74, 6) is 1.85. The smallest absolute Gasteiger partial charge is 0.213 e. The maximum Gasteiger partial charge on any atom is 0.213 e. The van der Waals surface area contributed by atoms with Gasteiger partial charge >= 0.3 is 0 Å². The van der Waals surface area contributed by atoms with Crippen LogP contribution in [0.4, 0.5) is 0 Å². The van der Waals surface area contributed by atoms with Crippen LogP contribution in [-0.2, 0) is 9.47 Å². The van der Waals surface area contributed by atoms with Gasteiger partial charge in [-0.25, -0.2) is 0 Å². The van der Waals surface area contributed by atoms with E-state index >= 15 is 0 Å². The van der Waals surface area contributed by atoms with Crippen molar-refractivity contribution in [3.05, 3.63) is 71.8 Å². The molecule has 3 rings (SSSR count). The predicted octanol–water partition coefficient (Wildman–Crippen LogP) is 5.34. The van der Waals surface area contributed by atoms with Crippen molar-refractivity contribution in [1.29, 1.82) is 10.8 Å². The summed E-state index contributed by atoms with van der Waals surface area (Å²) in [6, 6.07) is 18.9. The van der Waals surface area contributed by atoms with Crippen LogP contribution >= 0.6 is 0 Å². The van der Waals surface area contributed by atoms with Crippen molar-refractivity contribution in [3.63, 3.8) is 0 Å². The van der Waals surface area contributed by atoms with Gasteiger partial charge in [-0.2, -0.15) is 0 Å². The first-order chi connectivity index (χ1) is 13.1. The lowest BCUT2D eigenvalue weighted by Crippen LogP contribution is -2.04. The molecule has 0 aliphatic rings. The zero-order chi connectivity index (χ0) is 19.2. The summed E-state index contributed by atoms with van der Waals surface area (Å²) in [5.41, 5.74) is 3.34. The van der Waals surface area contributed by atoms with Gasteiger partial charge in [0, 0.05) is 22.3 Å². The van der Waals surface area contributed by atoms with Gasteiger partial charge in [-0.15, -0.1) is 0 Å². The third-order valence-electron chi connectivity index (χ3n) is 4.05. The van der Waals surface area contributed by atoms with Gasteiger partial charge in [0.15, 0.2) is 0 Å². The SMILES string of the molecule is CCOC(=N)c1ccc(-c2ccc(-c3ccc(C(=N)OCC)cc3)o2)cc1. The first-order valence-electron chi connectivity index (χ1n) is 8.86. The summed E-state index contributed by atoms with van der Waals surface area (Å²) in [7, 11) is 0. The first kappa shape index (κ1) is 18.5. The predicted molar refractivity (Wildman–Crippen MR) is 106 cm³/mol. The molecule has 138 valence electrons. The van der Waals surface area contributed by atoms with Crippen LogP contribution in [0.15, 0.2) is 65.1 Å². The Morgan fingerprint density at radius 2 is 1.04 bits per heavy atom. The Kier molecular flexibility index (Phi) is 5.71. The van der Waals surface area contributed by atoms with Gasteiger partial charge in [0.05, 0.1) is 13.2 Å². The number of ether oxygens (including phenoxy) is 2. The largest absolute Gasteiger partial charge is 0.478 e. The van der Waals surface area contributed by atoms with E-state index in [0.717, 1.165) is 33.8 Å². The van der Waals surface area contributed by atoms with E-state index in [-0.39, 0.29) is 11.8 Å². The van der Waals surface area contributed by atoms with Gasteiger partial charge in [-0.05, 0) is 50.2 Å². The van der Waals surface area contributed by atoms with Gasteiger partial charge in [-0.1, -0.05) is 24.3 Å². The van der Waals surface area contributed by atoms with Crippen LogP contribution in [0.1, 0.15) is 25.0 Å². The summed E-state index contributed by atoms with van der Waals surface area (Å²) in [5, 5.41) is 15.7. The van der Waals surface area contributed by atoms with Gasteiger partial charge < -0.3 is 13.9 Å². The second-order valence-corrected chi connectivity index (χ2v) is 5.84. The Hall–Kier alpha value is -3.34. The van der Waals surface area contributed by atoms with E-state index in [2.05, 4.69) is 0 Å². The molecule has 0 amide bonds. The Morgan fingerprint density at radius 3 is 1.37 bits per heavy atom. The number of furan rings is 1. The van der Waals surface area contributed by atoms with Crippen molar-refractivity contribution in [2.75, 3.05) is 13.2 Å². The van der Waals surface area contributed by atoms with Gasteiger partial charge in [0.1, 0.15) is 11.5 Å². The fraction of sp³-hybridized carbons (Fsp3) is 0.182. The van der Waals surface area contributed by atoms with Crippen molar-refractivity contribution in [2.45, 2.75) is 13.8 Å². The zero-order valence-electron chi connectivity index (χ0n) is 15.4. The Balaban J connectivity index is 1.76. The Labute approximate surface area is 158 Å². The molecule has 2 N–H and O–H groups in total. The molecule has 0 radical (unpaired) electrons. The molecule has 0 spiro atoms. The first-order valence-corrected chi connectivity index (χ1v) is 8.86. The number of rotatable bonds is 6. The lowest BCUT2D eigenvalue weighted by molar-refractivity contribution is 0.325. The third-order valence-corrected chi connectivity index (χ3v) is 4.05. The molecule has 0 saturated carbocycles. The van der Waals surface area contributed by atoms with E-state index in [1.807, 2.05) is 74.5 Å². The minimum atomic E-state index is 0.168. The normalized spacial score (nSPS) is 10.4. The minimum absolute atomic E-state index is 0.168. The molecule has 0 aliphatic heterocycles. The molecular weight excluding hydrogens is 340 g/mol. The fourth-order valence-corrected chi connectivity index (χ4v) is 2.68. The standard InChI is InChI=1S/C22H22N2O3/c1-3-25-21(23)17-9-5-15(6-10-17)19-13-14-20(27-19)16-7-11-18(12-8-16)22(24)26-4-2/h5-14,23-24H,3-4H2,1-2H3. The molecule has 27 heavy (non-hydrogen) atoms. The molecule has 0 unspecified atom stereocenters. The summed E-state index contributed by atoms with van der Waals surface area (Å²) < 4.78 is 16.4. The molecule has 1 aromatic heterocycles. The second-order valence-electron chi connectivity index (χ2n) is 5.84. The lowest BCUT2D eigenvalue weighted by atomic mass is 10.1. The number of nitrogens with one attached hydrogen (secondary N) is 2. The minimum Gasteiger partial charge on any atom is -0.478 e. The summed E-state index contributed by atoms with van der Waals surface area (Å²) in [6.07, 6.45) is 0. The highest BCUT2D eigenvalue weighted by molar-refractivity contribution is 5.92. The van der Waals surface area contributed by atoms with E-state index in [9.17, 15) is 0 Å². The molecule has 0 aliphatic carbocycles. The highest BCUT2D eigenvalue weighted by Crippen LogP contribution is 2.29. The van der Waals surface area contributed by atoms with E-state index in [0.29, 0.717) is 13.2 Å². The molecule has 0 bridgehead atoms. The van der Waals surface area contributed by atoms with Crippen LogP contribution in [-0.4, -0.2) is 25.0 Å². The molecular formula is C22H22N2O3. The summed E-state index contributed by atoms with van der Waals surface area (Å²) in [6.45, 7) is 4.68. The van der Waals surface area contributed by atoms with E-state index in [1.165, 1.54) is 0 Å². The maximum absolute atomic E-state index is 7.83. The topological polar surface area (TPSA) is 79.3 Å². The summed E-state index contributed by atoms with van der Waals surface area (Å²) >= 11 is 0. The number of hydrogen-bond acceptors (Lipinski definition) is 5. The molecule has 0 fully saturated rings. The lowest BCUT2D eigenvalue weighted by Gasteiger charge is -2.06.